The maximum atomic E-state index is 12.0. The van der Waals surface area contributed by atoms with Crippen molar-refractivity contribution >= 4 is 46.5 Å². The van der Waals surface area contributed by atoms with Crippen LogP contribution in [0.3, 0.4) is 0 Å². The van der Waals surface area contributed by atoms with E-state index in [0.29, 0.717) is 32.0 Å². The first-order chi connectivity index (χ1) is 9.45. The highest BCUT2D eigenvalue weighted by molar-refractivity contribution is 7.80. The normalized spacial score (nSPS) is 18.4. The zero-order valence-corrected chi connectivity index (χ0v) is 13.1. The lowest BCUT2D eigenvalue weighted by atomic mass is 9.95. The molecule has 0 fully saturated rings. The Balaban J connectivity index is 2.60. The van der Waals surface area contributed by atoms with Gasteiger partial charge >= 0.3 is 5.97 Å². The molecule has 106 valence electrons. The summed E-state index contributed by atoms with van der Waals surface area (Å²) in [5.74, 6) is -0.467. The first-order valence-electron chi connectivity index (χ1n) is 5.76. The highest BCUT2D eigenvalue weighted by Crippen LogP contribution is 2.36. The van der Waals surface area contributed by atoms with Gasteiger partial charge in [0.2, 0.25) is 0 Å². The molecule has 1 unspecified atom stereocenters. The molecule has 1 atom stereocenters. The largest absolute Gasteiger partial charge is 0.466 e. The van der Waals surface area contributed by atoms with Gasteiger partial charge in [0, 0.05) is 21.3 Å². The number of esters is 1. The molecule has 1 aliphatic heterocycles. The average Bonchev–Trinajstić information content (AvgIpc) is 2.37. The van der Waals surface area contributed by atoms with E-state index < -0.39 is 12.0 Å². The van der Waals surface area contributed by atoms with Gasteiger partial charge in [0.25, 0.3) is 0 Å². The van der Waals surface area contributed by atoms with E-state index in [1.807, 2.05) is 0 Å². The molecule has 1 aromatic carbocycles. The van der Waals surface area contributed by atoms with Crippen LogP contribution in [0.2, 0.25) is 10.0 Å². The van der Waals surface area contributed by atoms with Gasteiger partial charge in [0.15, 0.2) is 5.11 Å². The van der Waals surface area contributed by atoms with Gasteiger partial charge in [-0.25, -0.2) is 4.79 Å². The quantitative estimate of drug-likeness (QED) is 0.645. The maximum absolute atomic E-state index is 12.0. The zero-order valence-electron chi connectivity index (χ0n) is 10.8. The van der Waals surface area contributed by atoms with Crippen LogP contribution in [0, 0.1) is 0 Å². The number of methoxy groups -OCH3 is 1. The topological polar surface area (TPSA) is 50.4 Å². The number of halogens is 2. The van der Waals surface area contributed by atoms with Crippen molar-refractivity contribution in [3.8, 4) is 0 Å². The fraction of sp³-hybridized carbons (Fsp3) is 0.231. The Morgan fingerprint density at radius 1 is 1.35 bits per heavy atom. The highest BCUT2D eigenvalue weighted by atomic mass is 35.5. The number of ether oxygens (including phenoxy) is 1. The van der Waals surface area contributed by atoms with Gasteiger partial charge in [-0.05, 0) is 31.3 Å². The Bertz CT molecular complexity index is 596. The van der Waals surface area contributed by atoms with Gasteiger partial charge < -0.3 is 15.4 Å². The second kappa shape index (κ2) is 5.99. The van der Waals surface area contributed by atoms with E-state index in [4.69, 9.17) is 40.2 Å². The summed E-state index contributed by atoms with van der Waals surface area (Å²) in [6, 6.07) is 4.61. The summed E-state index contributed by atoms with van der Waals surface area (Å²) >= 11 is 17.5. The SMILES string of the molecule is COC(=O)C1=C(C)NC(=S)NC1c1c(Cl)cccc1Cl. The van der Waals surface area contributed by atoms with Gasteiger partial charge in [-0.2, -0.15) is 0 Å². The van der Waals surface area contributed by atoms with E-state index in [0.717, 1.165) is 0 Å². The van der Waals surface area contributed by atoms with Crippen LogP contribution in [-0.4, -0.2) is 18.2 Å². The van der Waals surface area contributed by atoms with E-state index >= 15 is 0 Å². The van der Waals surface area contributed by atoms with Crippen molar-refractivity contribution in [2.45, 2.75) is 13.0 Å². The predicted molar refractivity (Wildman–Crippen MR) is 82.8 cm³/mol. The molecular formula is C13H12Cl2N2O2S. The Labute approximate surface area is 132 Å². The Kier molecular flexibility index (Phi) is 4.52. The second-order valence-corrected chi connectivity index (χ2v) is 5.42. The van der Waals surface area contributed by atoms with Crippen LogP contribution in [0.1, 0.15) is 18.5 Å². The molecule has 0 bridgehead atoms. The predicted octanol–water partition coefficient (Wildman–Crippen LogP) is 2.96. The van der Waals surface area contributed by atoms with Gasteiger partial charge in [-0.1, -0.05) is 29.3 Å². The number of carbonyl (C=O) groups is 1. The molecular weight excluding hydrogens is 319 g/mol. The van der Waals surface area contributed by atoms with Crippen LogP contribution < -0.4 is 10.6 Å². The summed E-state index contributed by atoms with van der Waals surface area (Å²) in [4.78, 5) is 12.0. The molecule has 4 nitrogen and oxygen atoms in total. The summed E-state index contributed by atoms with van der Waals surface area (Å²) in [7, 11) is 1.32. The van der Waals surface area contributed by atoms with Crippen LogP contribution in [0.5, 0.6) is 0 Å². The van der Waals surface area contributed by atoms with Gasteiger partial charge in [0.05, 0.1) is 18.7 Å². The van der Waals surface area contributed by atoms with Gasteiger partial charge in [-0.15, -0.1) is 0 Å². The lowest BCUT2D eigenvalue weighted by Crippen LogP contribution is -2.45. The van der Waals surface area contributed by atoms with E-state index in [9.17, 15) is 4.79 Å². The van der Waals surface area contributed by atoms with E-state index in [1.54, 1.807) is 25.1 Å². The minimum Gasteiger partial charge on any atom is -0.466 e. The molecule has 2 rings (SSSR count). The van der Waals surface area contributed by atoms with E-state index in [1.165, 1.54) is 7.11 Å². The molecule has 0 spiro atoms. The minimum absolute atomic E-state index is 0.399. The van der Waals surface area contributed by atoms with E-state index in [2.05, 4.69) is 10.6 Å². The number of hydrogen-bond acceptors (Lipinski definition) is 3. The minimum atomic E-state index is -0.544. The van der Waals surface area contributed by atoms with Gasteiger partial charge in [0.1, 0.15) is 0 Å². The third-order valence-electron chi connectivity index (χ3n) is 2.96. The van der Waals surface area contributed by atoms with E-state index in [-0.39, 0.29) is 0 Å². The summed E-state index contributed by atoms with van der Waals surface area (Å²) in [5, 5.41) is 7.20. The summed E-state index contributed by atoms with van der Waals surface area (Å²) in [6.07, 6.45) is 0. The van der Waals surface area contributed by atoms with Crippen molar-refractivity contribution in [3.63, 3.8) is 0 Å². The molecule has 0 aliphatic carbocycles. The molecule has 0 saturated carbocycles. The van der Waals surface area contributed by atoms with Crippen LogP contribution in [0.15, 0.2) is 29.5 Å². The smallest absolute Gasteiger partial charge is 0.337 e. The van der Waals surface area contributed by atoms with Crippen molar-refractivity contribution in [2.75, 3.05) is 7.11 Å². The number of hydrogen-bond donors (Lipinski definition) is 2. The molecule has 1 heterocycles. The molecule has 0 amide bonds. The Morgan fingerprint density at radius 3 is 2.50 bits per heavy atom. The highest BCUT2D eigenvalue weighted by Gasteiger charge is 2.33. The van der Waals surface area contributed by atoms with Crippen molar-refractivity contribution in [1.82, 2.24) is 10.6 Å². The summed E-state index contributed by atoms with van der Waals surface area (Å²) in [5.41, 5.74) is 1.61. The van der Waals surface area contributed by atoms with Crippen LogP contribution in [-0.2, 0) is 9.53 Å². The number of benzene rings is 1. The first kappa shape index (κ1) is 15.1. The monoisotopic (exact) mass is 330 g/mol. The number of thiocarbonyl (C=S) groups is 1. The number of carbonyl (C=O) groups excluding carboxylic acids is 1. The van der Waals surface area contributed by atoms with Gasteiger partial charge in [-0.3, -0.25) is 0 Å². The standard InChI is InChI=1S/C13H12Cl2N2O2S/c1-6-9(12(18)19-2)11(17-13(20)16-6)10-7(14)4-3-5-8(10)15/h3-5,11H,1-2H3,(H2,16,17,20). The number of rotatable bonds is 2. The fourth-order valence-electron chi connectivity index (χ4n) is 2.08. The molecule has 1 aromatic rings. The fourth-order valence-corrected chi connectivity index (χ4v) is 2.96. The molecule has 0 saturated heterocycles. The molecule has 20 heavy (non-hydrogen) atoms. The van der Waals surface area contributed by atoms with Crippen molar-refractivity contribution < 1.29 is 9.53 Å². The maximum Gasteiger partial charge on any atom is 0.337 e. The Hall–Kier alpha value is -1.30. The first-order valence-corrected chi connectivity index (χ1v) is 6.92. The third-order valence-corrected chi connectivity index (χ3v) is 3.84. The molecule has 2 N–H and O–H groups in total. The van der Waals surface area contributed by atoms with Crippen molar-refractivity contribution in [3.05, 3.63) is 45.1 Å². The molecule has 0 aromatic heterocycles. The number of nitrogens with one attached hydrogen (secondary N) is 2. The molecule has 0 radical (unpaired) electrons. The molecule has 7 heteroatoms. The third kappa shape index (κ3) is 2.75. The Morgan fingerprint density at radius 2 is 1.95 bits per heavy atom. The molecule has 1 aliphatic rings. The van der Waals surface area contributed by atoms with Crippen molar-refractivity contribution in [1.29, 1.82) is 0 Å². The zero-order chi connectivity index (χ0) is 14.9. The average molecular weight is 331 g/mol. The lowest BCUT2D eigenvalue weighted by molar-refractivity contribution is -0.136. The van der Waals surface area contributed by atoms with Crippen LogP contribution >= 0.6 is 35.4 Å². The summed E-state index contributed by atoms with van der Waals surface area (Å²) < 4.78 is 4.82. The van der Waals surface area contributed by atoms with Crippen molar-refractivity contribution in [2.24, 2.45) is 0 Å². The lowest BCUT2D eigenvalue weighted by Gasteiger charge is -2.30. The van der Waals surface area contributed by atoms with Crippen LogP contribution in [0.4, 0.5) is 0 Å². The van der Waals surface area contributed by atoms with Crippen LogP contribution in [0.25, 0.3) is 0 Å². The summed E-state index contributed by atoms with van der Waals surface area (Å²) in [6.45, 7) is 1.75. The second-order valence-electron chi connectivity index (χ2n) is 4.20. The number of allylic oxidation sites excluding steroid dienone is 1.